The van der Waals surface area contributed by atoms with Crippen molar-refractivity contribution in [1.82, 2.24) is 10.3 Å². The number of rotatable bonds is 7. The number of benzene rings is 2. The number of hydrogen-bond donors (Lipinski definition) is 1. The van der Waals surface area contributed by atoms with Gasteiger partial charge < -0.3 is 5.32 Å². The molecule has 3 aromatic rings. The summed E-state index contributed by atoms with van der Waals surface area (Å²) < 4.78 is 1.20. The summed E-state index contributed by atoms with van der Waals surface area (Å²) in [5.41, 5.74) is 1.04. The number of aromatic nitrogens is 1. The largest absolute Gasteiger partial charge is 0.356 e. The maximum absolute atomic E-state index is 11.9. The topological polar surface area (TPSA) is 42.0 Å². The quantitative estimate of drug-likeness (QED) is 0.656. The molecule has 0 radical (unpaired) electrons. The maximum Gasteiger partial charge on any atom is 0.220 e. The van der Waals surface area contributed by atoms with E-state index in [0.717, 1.165) is 22.7 Å². The fraction of sp³-hybridized carbons (Fsp3) is 0.222. The van der Waals surface area contributed by atoms with Gasteiger partial charge in [-0.3, -0.25) is 4.79 Å². The number of para-hydroxylation sites is 1. The number of carbonyl (C=O) groups is 1. The molecule has 5 heteroatoms. The average Bonchev–Trinajstić information content (AvgIpc) is 2.98. The van der Waals surface area contributed by atoms with Gasteiger partial charge in [-0.1, -0.05) is 30.3 Å². The molecule has 0 spiro atoms. The average molecular weight is 342 g/mol. The molecule has 1 aromatic heterocycles. The Kier molecular flexibility index (Phi) is 5.66. The van der Waals surface area contributed by atoms with Crippen molar-refractivity contribution in [1.29, 1.82) is 0 Å². The predicted octanol–water partition coefficient (Wildman–Crippen LogP) is 4.14. The predicted molar refractivity (Wildman–Crippen MR) is 98.1 cm³/mol. The van der Waals surface area contributed by atoms with Crippen LogP contribution in [-0.4, -0.2) is 23.2 Å². The van der Waals surface area contributed by atoms with Gasteiger partial charge in [0.05, 0.1) is 15.2 Å². The van der Waals surface area contributed by atoms with Gasteiger partial charge in [0.1, 0.15) is 0 Å². The molecule has 0 aliphatic carbocycles. The summed E-state index contributed by atoms with van der Waals surface area (Å²) >= 11 is 3.41. The van der Waals surface area contributed by atoms with E-state index < -0.39 is 0 Å². The summed E-state index contributed by atoms with van der Waals surface area (Å²) in [5.74, 6) is 0.909. The second-order valence-corrected chi connectivity index (χ2v) is 7.37. The summed E-state index contributed by atoms with van der Waals surface area (Å²) in [7, 11) is 0. The van der Waals surface area contributed by atoms with Crippen LogP contribution in [0.1, 0.15) is 11.4 Å². The summed E-state index contributed by atoms with van der Waals surface area (Å²) in [6.07, 6.45) is 1.33. The first kappa shape index (κ1) is 16.0. The van der Waals surface area contributed by atoms with Crippen LogP contribution in [0.15, 0.2) is 59.5 Å². The van der Waals surface area contributed by atoms with Gasteiger partial charge in [0.15, 0.2) is 0 Å². The first-order valence-corrected chi connectivity index (χ1v) is 9.40. The van der Waals surface area contributed by atoms with Crippen molar-refractivity contribution in [3.8, 4) is 0 Å². The highest BCUT2D eigenvalue weighted by molar-refractivity contribution is 7.99. The van der Waals surface area contributed by atoms with E-state index in [4.69, 9.17) is 0 Å². The van der Waals surface area contributed by atoms with Crippen LogP contribution < -0.4 is 5.32 Å². The molecule has 0 saturated carbocycles. The Balaban J connectivity index is 1.37. The molecule has 0 unspecified atom stereocenters. The zero-order valence-electron chi connectivity index (χ0n) is 12.7. The third-order valence-electron chi connectivity index (χ3n) is 3.34. The number of nitrogens with zero attached hydrogens (tertiary/aromatic N) is 1. The van der Waals surface area contributed by atoms with Crippen molar-refractivity contribution in [3.05, 3.63) is 59.6 Å². The van der Waals surface area contributed by atoms with Gasteiger partial charge in [-0.2, -0.15) is 0 Å². The SMILES string of the molecule is O=C(CCSc1ccccc1)NCCc1nc2ccccc2s1. The Labute approximate surface area is 144 Å². The van der Waals surface area contributed by atoms with Crippen molar-refractivity contribution < 1.29 is 4.79 Å². The molecule has 1 amide bonds. The monoisotopic (exact) mass is 342 g/mol. The highest BCUT2D eigenvalue weighted by Crippen LogP contribution is 2.21. The van der Waals surface area contributed by atoms with E-state index in [2.05, 4.69) is 28.5 Å². The van der Waals surface area contributed by atoms with Crippen molar-refractivity contribution in [3.63, 3.8) is 0 Å². The van der Waals surface area contributed by atoms with Crippen molar-refractivity contribution in [2.75, 3.05) is 12.3 Å². The molecule has 0 aliphatic heterocycles. The molecule has 0 atom stereocenters. The lowest BCUT2D eigenvalue weighted by Gasteiger charge is -2.04. The van der Waals surface area contributed by atoms with Crippen LogP contribution in [0.5, 0.6) is 0 Å². The molecule has 1 N–H and O–H groups in total. The minimum atomic E-state index is 0.106. The first-order valence-electron chi connectivity index (χ1n) is 7.60. The minimum Gasteiger partial charge on any atom is -0.356 e. The van der Waals surface area contributed by atoms with Gasteiger partial charge in [-0.25, -0.2) is 4.98 Å². The van der Waals surface area contributed by atoms with Gasteiger partial charge >= 0.3 is 0 Å². The second kappa shape index (κ2) is 8.13. The molecule has 0 fully saturated rings. The minimum absolute atomic E-state index is 0.106. The Morgan fingerprint density at radius 1 is 1.09 bits per heavy atom. The molecule has 1 heterocycles. The van der Waals surface area contributed by atoms with Gasteiger partial charge in [-0.05, 0) is 24.3 Å². The number of nitrogens with one attached hydrogen (secondary N) is 1. The van der Waals surface area contributed by atoms with E-state index in [1.807, 2.05) is 36.4 Å². The van der Waals surface area contributed by atoms with E-state index in [-0.39, 0.29) is 5.91 Å². The van der Waals surface area contributed by atoms with Gasteiger partial charge in [0.2, 0.25) is 5.91 Å². The standard InChI is InChI=1S/C18H18N2OS2/c21-17(11-13-22-14-6-2-1-3-7-14)19-12-10-18-20-15-8-4-5-9-16(15)23-18/h1-9H,10-13H2,(H,19,21). The summed E-state index contributed by atoms with van der Waals surface area (Å²) in [4.78, 5) is 17.6. The molecule has 3 rings (SSSR count). The molecule has 118 valence electrons. The van der Waals surface area contributed by atoms with Gasteiger partial charge in [0, 0.05) is 30.0 Å². The molecule has 2 aromatic carbocycles. The van der Waals surface area contributed by atoms with Crippen molar-refractivity contribution in [2.45, 2.75) is 17.7 Å². The van der Waals surface area contributed by atoms with Gasteiger partial charge in [0.25, 0.3) is 0 Å². The van der Waals surface area contributed by atoms with E-state index in [0.29, 0.717) is 13.0 Å². The number of amides is 1. The maximum atomic E-state index is 11.9. The van der Waals surface area contributed by atoms with Crippen LogP contribution in [-0.2, 0) is 11.2 Å². The number of carbonyl (C=O) groups excluding carboxylic acids is 1. The zero-order valence-corrected chi connectivity index (χ0v) is 14.3. The van der Waals surface area contributed by atoms with Crippen LogP contribution in [0.2, 0.25) is 0 Å². The first-order chi connectivity index (χ1) is 11.3. The Morgan fingerprint density at radius 3 is 2.70 bits per heavy atom. The molecule has 23 heavy (non-hydrogen) atoms. The fourth-order valence-electron chi connectivity index (χ4n) is 2.20. The summed E-state index contributed by atoms with van der Waals surface area (Å²) in [6.45, 7) is 0.647. The molecular formula is C18H18N2OS2. The lowest BCUT2D eigenvalue weighted by atomic mass is 10.3. The molecule has 3 nitrogen and oxygen atoms in total. The zero-order chi connectivity index (χ0) is 15.9. The highest BCUT2D eigenvalue weighted by Gasteiger charge is 2.05. The second-order valence-electron chi connectivity index (χ2n) is 5.09. The number of thioether (sulfide) groups is 1. The van der Waals surface area contributed by atoms with Crippen LogP contribution in [0.4, 0.5) is 0 Å². The van der Waals surface area contributed by atoms with Gasteiger partial charge in [-0.15, -0.1) is 23.1 Å². The summed E-state index contributed by atoms with van der Waals surface area (Å²) in [6, 6.07) is 18.3. The number of thiazole rings is 1. The van der Waals surface area contributed by atoms with E-state index in [1.165, 1.54) is 9.60 Å². The third-order valence-corrected chi connectivity index (χ3v) is 5.45. The third kappa shape index (κ3) is 4.81. The summed E-state index contributed by atoms with van der Waals surface area (Å²) in [5, 5.41) is 4.05. The fourth-order valence-corrected chi connectivity index (χ4v) is 4.04. The smallest absolute Gasteiger partial charge is 0.220 e. The van der Waals surface area contributed by atoms with E-state index in [9.17, 15) is 4.79 Å². The molecule has 0 aliphatic rings. The Morgan fingerprint density at radius 2 is 1.87 bits per heavy atom. The Bertz CT molecular complexity index is 738. The van der Waals surface area contributed by atoms with E-state index in [1.54, 1.807) is 23.1 Å². The van der Waals surface area contributed by atoms with Crippen LogP contribution in [0.3, 0.4) is 0 Å². The molecular weight excluding hydrogens is 324 g/mol. The normalized spacial score (nSPS) is 10.8. The van der Waals surface area contributed by atoms with Crippen LogP contribution >= 0.6 is 23.1 Å². The lowest BCUT2D eigenvalue weighted by Crippen LogP contribution is -2.25. The van der Waals surface area contributed by atoms with E-state index >= 15 is 0 Å². The number of hydrogen-bond acceptors (Lipinski definition) is 4. The van der Waals surface area contributed by atoms with Crippen molar-refractivity contribution in [2.24, 2.45) is 0 Å². The number of fused-ring (bicyclic) bond motifs is 1. The molecule has 0 saturated heterocycles. The Hall–Kier alpha value is -1.85. The highest BCUT2D eigenvalue weighted by atomic mass is 32.2. The lowest BCUT2D eigenvalue weighted by molar-refractivity contribution is -0.120. The molecule has 0 bridgehead atoms. The van der Waals surface area contributed by atoms with Crippen LogP contribution in [0.25, 0.3) is 10.2 Å². The van der Waals surface area contributed by atoms with Crippen molar-refractivity contribution >= 4 is 39.2 Å². The van der Waals surface area contributed by atoms with Crippen LogP contribution in [0, 0.1) is 0 Å².